The average molecular weight is 275 g/mol. The van der Waals surface area contributed by atoms with E-state index in [1.54, 1.807) is 12.1 Å². The summed E-state index contributed by atoms with van der Waals surface area (Å²) in [7, 11) is 0. The van der Waals surface area contributed by atoms with Crippen LogP contribution in [0.3, 0.4) is 0 Å². The third kappa shape index (κ3) is 4.27. The number of carbonyl (C=O) groups excluding carboxylic acids is 1. The molecule has 1 heterocycles. The minimum absolute atomic E-state index is 0.363. The Morgan fingerprint density at radius 1 is 1.30 bits per heavy atom. The van der Waals surface area contributed by atoms with Crippen molar-refractivity contribution in [2.24, 2.45) is 0 Å². The van der Waals surface area contributed by atoms with E-state index in [0.717, 1.165) is 18.6 Å². The first kappa shape index (κ1) is 13.9. The highest BCUT2D eigenvalue weighted by Crippen LogP contribution is 2.16. The maximum absolute atomic E-state index is 11.6. The number of nitrogens with one attached hydrogen (secondary N) is 3. The zero-order chi connectivity index (χ0) is 14.2. The minimum atomic E-state index is -0.376. The van der Waals surface area contributed by atoms with Crippen LogP contribution in [0.4, 0.5) is 16.3 Å². The number of anilines is 2. The second-order valence-electron chi connectivity index (χ2n) is 4.16. The van der Waals surface area contributed by atoms with Gasteiger partial charge in [-0.25, -0.2) is 4.79 Å². The van der Waals surface area contributed by atoms with E-state index in [2.05, 4.69) is 33.0 Å². The molecule has 0 spiro atoms. The summed E-state index contributed by atoms with van der Waals surface area (Å²) in [4.78, 5) is 11.6. The third-order valence-electron chi connectivity index (χ3n) is 2.54. The Labute approximate surface area is 116 Å². The Morgan fingerprint density at radius 2 is 2.10 bits per heavy atom. The first-order chi connectivity index (χ1) is 9.78. The summed E-state index contributed by atoms with van der Waals surface area (Å²) in [6.45, 7) is 2.82. The van der Waals surface area contributed by atoms with Crippen molar-refractivity contribution in [1.29, 1.82) is 0 Å². The molecule has 7 heteroatoms. The van der Waals surface area contributed by atoms with Crippen molar-refractivity contribution < 1.29 is 9.53 Å². The molecular weight excluding hydrogens is 258 g/mol. The van der Waals surface area contributed by atoms with Gasteiger partial charge in [0.15, 0.2) is 5.82 Å². The number of aromatic nitrogens is 3. The summed E-state index contributed by atoms with van der Waals surface area (Å²) in [6, 6.07) is 6.83. The van der Waals surface area contributed by atoms with Gasteiger partial charge in [0, 0.05) is 5.69 Å². The van der Waals surface area contributed by atoms with Gasteiger partial charge in [0.05, 0.1) is 12.8 Å². The number of hydrogen-bond donors (Lipinski definition) is 3. The number of carbonyl (C=O) groups is 1. The molecule has 106 valence electrons. The summed E-state index contributed by atoms with van der Waals surface area (Å²) in [5.41, 5.74) is 0.675. The Morgan fingerprint density at radius 3 is 2.75 bits per heavy atom. The topological polar surface area (TPSA) is 91.9 Å². The van der Waals surface area contributed by atoms with Crippen molar-refractivity contribution in [2.45, 2.75) is 19.8 Å². The predicted molar refractivity (Wildman–Crippen MR) is 75.9 cm³/mol. The molecule has 2 aromatic rings. The van der Waals surface area contributed by atoms with Crippen LogP contribution in [-0.4, -0.2) is 28.0 Å². The van der Waals surface area contributed by atoms with Crippen LogP contribution in [0.25, 0.3) is 0 Å². The van der Waals surface area contributed by atoms with E-state index in [-0.39, 0.29) is 6.03 Å². The SMILES string of the molecule is CCCCOc1ccc(NC(=O)Nc2cn[nH]n2)cc1. The zero-order valence-electron chi connectivity index (χ0n) is 11.2. The van der Waals surface area contributed by atoms with Crippen molar-refractivity contribution in [3.8, 4) is 5.75 Å². The first-order valence-corrected chi connectivity index (χ1v) is 6.44. The van der Waals surface area contributed by atoms with Crippen LogP contribution in [0, 0.1) is 0 Å². The molecular formula is C13H17N5O2. The van der Waals surface area contributed by atoms with Gasteiger partial charge in [-0.3, -0.25) is 5.32 Å². The number of amides is 2. The molecule has 0 bridgehead atoms. The standard InChI is InChI=1S/C13H17N5O2/c1-2-3-8-20-11-6-4-10(5-7-11)15-13(19)16-12-9-14-18-17-12/h4-7,9H,2-3,8H2,1H3,(H3,14,15,16,17,18,19). The number of hydrogen-bond acceptors (Lipinski definition) is 4. The molecule has 0 radical (unpaired) electrons. The van der Waals surface area contributed by atoms with Gasteiger partial charge in [-0.1, -0.05) is 13.3 Å². The van der Waals surface area contributed by atoms with Gasteiger partial charge in [-0.2, -0.15) is 10.3 Å². The fourth-order valence-corrected chi connectivity index (χ4v) is 1.51. The lowest BCUT2D eigenvalue weighted by Crippen LogP contribution is -2.19. The highest BCUT2D eigenvalue weighted by molar-refractivity contribution is 5.98. The molecule has 1 aromatic heterocycles. The van der Waals surface area contributed by atoms with Crippen LogP contribution >= 0.6 is 0 Å². The number of benzene rings is 1. The molecule has 0 saturated carbocycles. The minimum Gasteiger partial charge on any atom is -0.494 e. The largest absolute Gasteiger partial charge is 0.494 e. The van der Waals surface area contributed by atoms with Gasteiger partial charge in [-0.05, 0) is 30.7 Å². The molecule has 0 aliphatic carbocycles. The van der Waals surface area contributed by atoms with Gasteiger partial charge in [0.2, 0.25) is 0 Å². The zero-order valence-corrected chi connectivity index (χ0v) is 11.2. The number of ether oxygens (including phenoxy) is 1. The Hall–Kier alpha value is -2.57. The van der Waals surface area contributed by atoms with Crippen LogP contribution in [0.15, 0.2) is 30.5 Å². The van der Waals surface area contributed by atoms with Crippen molar-refractivity contribution in [1.82, 2.24) is 15.4 Å². The van der Waals surface area contributed by atoms with Gasteiger partial charge in [0.25, 0.3) is 0 Å². The second kappa shape index (κ2) is 7.13. The van der Waals surface area contributed by atoms with Gasteiger partial charge >= 0.3 is 6.03 Å². The number of H-pyrrole nitrogens is 1. The monoisotopic (exact) mass is 275 g/mol. The van der Waals surface area contributed by atoms with E-state index in [9.17, 15) is 4.79 Å². The van der Waals surface area contributed by atoms with E-state index in [1.165, 1.54) is 6.20 Å². The quantitative estimate of drug-likeness (QED) is 0.707. The predicted octanol–water partition coefficient (Wildman–Crippen LogP) is 2.63. The molecule has 0 aliphatic heterocycles. The van der Waals surface area contributed by atoms with Crippen LogP contribution in [-0.2, 0) is 0 Å². The van der Waals surface area contributed by atoms with E-state index in [4.69, 9.17) is 4.74 Å². The Balaban J connectivity index is 1.82. The maximum atomic E-state index is 11.6. The van der Waals surface area contributed by atoms with Crippen molar-refractivity contribution >= 4 is 17.5 Å². The molecule has 0 fully saturated rings. The number of aromatic amines is 1. The smallest absolute Gasteiger partial charge is 0.324 e. The third-order valence-corrected chi connectivity index (χ3v) is 2.54. The molecule has 0 saturated heterocycles. The highest BCUT2D eigenvalue weighted by Gasteiger charge is 2.04. The average Bonchev–Trinajstić information content (AvgIpc) is 2.94. The second-order valence-corrected chi connectivity index (χ2v) is 4.16. The molecule has 0 unspecified atom stereocenters. The summed E-state index contributed by atoms with van der Waals surface area (Å²) < 4.78 is 5.54. The number of unbranched alkanes of at least 4 members (excludes halogenated alkanes) is 1. The van der Waals surface area contributed by atoms with E-state index in [1.807, 2.05) is 12.1 Å². The molecule has 3 N–H and O–H groups in total. The lowest BCUT2D eigenvalue weighted by Gasteiger charge is -2.08. The molecule has 0 aliphatic rings. The number of urea groups is 1. The van der Waals surface area contributed by atoms with E-state index < -0.39 is 0 Å². The highest BCUT2D eigenvalue weighted by atomic mass is 16.5. The lowest BCUT2D eigenvalue weighted by molar-refractivity contribution is 0.262. The fraction of sp³-hybridized carbons (Fsp3) is 0.308. The molecule has 0 atom stereocenters. The fourth-order valence-electron chi connectivity index (χ4n) is 1.51. The Kier molecular flexibility index (Phi) is 4.94. The Bertz CT molecular complexity index is 524. The van der Waals surface area contributed by atoms with Crippen LogP contribution in [0.2, 0.25) is 0 Å². The molecule has 7 nitrogen and oxygen atoms in total. The summed E-state index contributed by atoms with van der Waals surface area (Å²) in [5, 5.41) is 15.0. The van der Waals surface area contributed by atoms with Crippen molar-refractivity contribution in [2.75, 3.05) is 17.2 Å². The maximum Gasteiger partial charge on any atom is 0.324 e. The van der Waals surface area contributed by atoms with Crippen LogP contribution in [0.5, 0.6) is 5.75 Å². The van der Waals surface area contributed by atoms with Crippen LogP contribution in [0.1, 0.15) is 19.8 Å². The molecule has 20 heavy (non-hydrogen) atoms. The normalized spacial score (nSPS) is 10.1. The van der Waals surface area contributed by atoms with Crippen molar-refractivity contribution in [3.05, 3.63) is 30.5 Å². The van der Waals surface area contributed by atoms with Gasteiger partial charge in [-0.15, -0.1) is 5.10 Å². The number of rotatable bonds is 6. The summed E-state index contributed by atoms with van der Waals surface area (Å²) in [6.07, 6.45) is 3.55. The van der Waals surface area contributed by atoms with Crippen LogP contribution < -0.4 is 15.4 Å². The van der Waals surface area contributed by atoms with E-state index >= 15 is 0 Å². The lowest BCUT2D eigenvalue weighted by atomic mass is 10.3. The number of nitrogens with zero attached hydrogens (tertiary/aromatic N) is 2. The van der Waals surface area contributed by atoms with Gasteiger partial charge in [0.1, 0.15) is 5.75 Å². The van der Waals surface area contributed by atoms with E-state index in [0.29, 0.717) is 18.1 Å². The molecule has 2 amide bonds. The van der Waals surface area contributed by atoms with Gasteiger partial charge < -0.3 is 10.1 Å². The first-order valence-electron chi connectivity index (χ1n) is 6.44. The van der Waals surface area contributed by atoms with Crippen molar-refractivity contribution in [3.63, 3.8) is 0 Å². The summed E-state index contributed by atoms with van der Waals surface area (Å²) in [5.74, 6) is 1.16. The summed E-state index contributed by atoms with van der Waals surface area (Å²) >= 11 is 0. The molecule has 2 rings (SSSR count). The molecule has 1 aromatic carbocycles.